The fourth-order valence-corrected chi connectivity index (χ4v) is 3.70. The maximum absolute atomic E-state index is 12.3. The largest absolute Gasteiger partial charge is 0.359 e. The maximum Gasteiger partial charge on any atom is 0.240 e. The van der Waals surface area contributed by atoms with E-state index in [0.717, 1.165) is 48.7 Å². The first kappa shape index (κ1) is 16.1. The second-order valence-electron chi connectivity index (χ2n) is 5.80. The highest BCUT2D eigenvalue weighted by Crippen LogP contribution is 2.31. The van der Waals surface area contributed by atoms with E-state index in [0.29, 0.717) is 11.7 Å². The first-order valence-electron chi connectivity index (χ1n) is 7.95. The highest BCUT2D eigenvalue weighted by Gasteiger charge is 2.30. The van der Waals surface area contributed by atoms with Crippen LogP contribution in [0, 0.1) is 6.92 Å². The molecule has 0 aliphatic carbocycles. The Labute approximate surface area is 139 Å². The van der Waals surface area contributed by atoms with Crippen molar-refractivity contribution < 1.29 is 9.32 Å². The zero-order valence-electron chi connectivity index (χ0n) is 13.4. The zero-order chi connectivity index (χ0) is 16.2. The monoisotopic (exact) mass is 335 g/mol. The van der Waals surface area contributed by atoms with E-state index in [-0.39, 0.29) is 11.9 Å². The fourth-order valence-electron chi connectivity index (χ4n) is 2.84. The van der Waals surface area contributed by atoms with E-state index in [1.54, 1.807) is 0 Å². The Hall–Kier alpha value is -1.80. The number of carbonyl (C=O) groups is 1. The molecule has 1 aliphatic heterocycles. The van der Waals surface area contributed by atoms with Crippen molar-refractivity contribution in [2.75, 3.05) is 18.4 Å². The van der Waals surface area contributed by atoms with E-state index < -0.39 is 0 Å². The highest BCUT2D eigenvalue weighted by molar-refractivity contribution is 7.15. The SMILES string of the molecule is CCCc1nnc(NC(=O)CN2CCC[C@H]2c2cc(C)no2)s1. The lowest BCUT2D eigenvalue weighted by atomic mass is 10.1. The molecular weight excluding hydrogens is 314 g/mol. The number of carbonyl (C=O) groups excluding carboxylic acids is 1. The van der Waals surface area contributed by atoms with E-state index in [1.165, 1.54) is 11.3 Å². The summed E-state index contributed by atoms with van der Waals surface area (Å²) >= 11 is 1.44. The van der Waals surface area contributed by atoms with Crippen LogP contribution in [0.15, 0.2) is 10.6 Å². The molecule has 3 rings (SSSR count). The molecule has 0 saturated carbocycles. The van der Waals surface area contributed by atoms with Crippen molar-refractivity contribution in [2.24, 2.45) is 0 Å². The number of nitrogens with zero attached hydrogens (tertiary/aromatic N) is 4. The van der Waals surface area contributed by atoms with Gasteiger partial charge in [-0.15, -0.1) is 10.2 Å². The summed E-state index contributed by atoms with van der Waals surface area (Å²) in [6, 6.07) is 2.08. The Kier molecular flexibility index (Phi) is 5.02. The number of nitrogens with one attached hydrogen (secondary N) is 1. The molecule has 3 heterocycles. The van der Waals surface area contributed by atoms with Gasteiger partial charge in [-0.05, 0) is 32.7 Å². The molecule has 1 saturated heterocycles. The molecule has 8 heteroatoms. The van der Waals surface area contributed by atoms with Crippen molar-refractivity contribution in [3.63, 3.8) is 0 Å². The lowest BCUT2D eigenvalue weighted by molar-refractivity contribution is -0.117. The molecule has 7 nitrogen and oxygen atoms in total. The Morgan fingerprint density at radius 3 is 3.13 bits per heavy atom. The predicted molar refractivity (Wildman–Crippen MR) is 87.3 cm³/mol. The molecule has 23 heavy (non-hydrogen) atoms. The van der Waals surface area contributed by atoms with Gasteiger partial charge in [0, 0.05) is 12.5 Å². The number of rotatable bonds is 6. The topological polar surface area (TPSA) is 84.2 Å². The summed E-state index contributed by atoms with van der Waals surface area (Å²) in [6.45, 7) is 5.21. The molecule has 1 fully saturated rings. The Morgan fingerprint density at radius 1 is 1.52 bits per heavy atom. The van der Waals surface area contributed by atoms with Crippen LogP contribution in [0.2, 0.25) is 0 Å². The summed E-state index contributed by atoms with van der Waals surface area (Å²) in [5, 5.41) is 16.4. The lowest BCUT2D eigenvalue weighted by Crippen LogP contribution is -2.32. The molecule has 2 aromatic rings. The molecule has 124 valence electrons. The van der Waals surface area contributed by atoms with Crippen molar-refractivity contribution in [1.29, 1.82) is 0 Å². The number of hydrogen-bond acceptors (Lipinski definition) is 7. The van der Waals surface area contributed by atoms with Crippen LogP contribution in [-0.4, -0.2) is 39.3 Å². The van der Waals surface area contributed by atoms with Gasteiger partial charge in [0.1, 0.15) is 5.01 Å². The zero-order valence-corrected chi connectivity index (χ0v) is 14.2. The van der Waals surface area contributed by atoms with Crippen LogP contribution in [-0.2, 0) is 11.2 Å². The molecule has 1 N–H and O–H groups in total. The lowest BCUT2D eigenvalue weighted by Gasteiger charge is -2.21. The van der Waals surface area contributed by atoms with Gasteiger partial charge < -0.3 is 4.52 Å². The van der Waals surface area contributed by atoms with Crippen molar-refractivity contribution >= 4 is 22.4 Å². The average Bonchev–Trinajstić information content (AvgIpc) is 3.21. The van der Waals surface area contributed by atoms with Crippen molar-refractivity contribution in [1.82, 2.24) is 20.3 Å². The van der Waals surface area contributed by atoms with Crippen LogP contribution >= 0.6 is 11.3 Å². The quantitative estimate of drug-likeness (QED) is 0.873. The van der Waals surface area contributed by atoms with Gasteiger partial charge in [0.2, 0.25) is 11.0 Å². The molecule has 0 unspecified atom stereocenters. The van der Waals surface area contributed by atoms with Gasteiger partial charge in [0.05, 0.1) is 18.3 Å². The summed E-state index contributed by atoms with van der Waals surface area (Å²) < 4.78 is 5.36. The minimum atomic E-state index is -0.0627. The highest BCUT2D eigenvalue weighted by atomic mass is 32.1. The van der Waals surface area contributed by atoms with Crippen LogP contribution in [0.5, 0.6) is 0 Å². The molecule has 0 radical (unpaired) electrons. The minimum absolute atomic E-state index is 0.0627. The molecule has 2 aromatic heterocycles. The number of hydrogen-bond donors (Lipinski definition) is 1. The number of anilines is 1. The minimum Gasteiger partial charge on any atom is -0.359 e. The Balaban J connectivity index is 1.58. The van der Waals surface area contributed by atoms with E-state index >= 15 is 0 Å². The summed E-state index contributed by atoms with van der Waals surface area (Å²) in [7, 11) is 0. The van der Waals surface area contributed by atoms with Crippen LogP contribution in [0.1, 0.15) is 48.7 Å². The summed E-state index contributed by atoms with van der Waals surface area (Å²) in [5.74, 6) is 0.779. The number of amides is 1. The van der Waals surface area contributed by atoms with Gasteiger partial charge in [0.15, 0.2) is 5.76 Å². The number of aromatic nitrogens is 3. The normalized spacial score (nSPS) is 18.4. The molecule has 0 aromatic carbocycles. The third-order valence-electron chi connectivity index (χ3n) is 3.86. The summed E-state index contributed by atoms with van der Waals surface area (Å²) in [4.78, 5) is 14.4. The van der Waals surface area contributed by atoms with E-state index in [2.05, 4.69) is 32.5 Å². The fraction of sp³-hybridized carbons (Fsp3) is 0.600. The first-order chi connectivity index (χ1) is 11.2. The third kappa shape index (κ3) is 3.94. The van der Waals surface area contributed by atoms with E-state index in [1.807, 2.05) is 13.0 Å². The van der Waals surface area contributed by atoms with Crippen LogP contribution in [0.3, 0.4) is 0 Å². The van der Waals surface area contributed by atoms with Crippen molar-refractivity contribution in [2.45, 2.75) is 45.6 Å². The number of aryl methyl sites for hydroxylation is 2. The van der Waals surface area contributed by atoms with Crippen LogP contribution in [0.25, 0.3) is 0 Å². The average molecular weight is 335 g/mol. The molecule has 0 spiro atoms. The maximum atomic E-state index is 12.3. The summed E-state index contributed by atoms with van der Waals surface area (Å²) in [5.41, 5.74) is 0.869. The summed E-state index contributed by atoms with van der Waals surface area (Å²) in [6.07, 6.45) is 3.96. The van der Waals surface area contributed by atoms with Gasteiger partial charge in [-0.25, -0.2) is 0 Å². The van der Waals surface area contributed by atoms with Crippen molar-refractivity contribution in [3.05, 3.63) is 22.5 Å². The van der Waals surface area contributed by atoms with Crippen LogP contribution < -0.4 is 5.32 Å². The predicted octanol–water partition coefficient (Wildman–Crippen LogP) is 2.56. The van der Waals surface area contributed by atoms with Gasteiger partial charge in [-0.2, -0.15) is 0 Å². The van der Waals surface area contributed by atoms with E-state index in [4.69, 9.17) is 4.52 Å². The molecule has 0 bridgehead atoms. The second-order valence-corrected chi connectivity index (χ2v) is 6.86. The molecule has 1 atom stereocenters. The van der Waals surface area contributed by atoms with Gasteiger partial charge in [0.25, 0.3) is 0 Å². The smallest absolute Gasteiger partial charge is 0.240 e. The Bertz CT molecular complexity index is 668. The van der Waals surface area contributed by atoms with Crippen LogP contribution in [0.4, 0.5) is 5.13 Å². The molecular formula is C15H21N5O2S. The third-order valence-corrected chi connectivity index (χ3v) is 4.76. The Morgan fingerprint density at radius 2 is 2.39 bits per heavy atom. The van der Waals surface area contributed by atoms with Crippen molar-refractivity contribution in [3.8, 4) is 0 Å². The number of likely N-dealkylation sites (tertiary alicyclic amines) is 1. The van der Waals surface area contributed by atoms with Gasteiger partial charge in [-0.3, -0.25) is 15.0 Å². The van der Waals surface area contributed by atoms with Gasteiger partial charge >= 0.3 is 0 Å². The molecule has 1 amide bonds. The standard InChI is InChI=1S/C15H21N5O2S/c1-3-5-14-17-18-15(23-14)16-13(21)9-20-7-4-6-11(20)12-8-10(2)19-22-12/h8,11H,3-7,9H2,1-2H3,(H,16,18,21)/t11-/m0/s1. The van der Waals surface area contributed by atoms with E-state index in [9.17, 15) is 4.79 Å². The first-order valence-corrected chi connectivity index (χ1v) is 8.77. The van der Waals surface area contributed by atoms with Gasteiger partial charge in [-0.1, -0.05) is 23.4 Å². The second kappa shape index (κ2) is 7.18. The molecule has 1 aliphatic rings.